The van der Waals surface area contributed by atoms with Crippen molar-refractivity contribution in [3.8, 4) is 0 Å². The highest BCUT2D eigenvalue weighted by Crippen LogP contribution is 2.00. The number of aliphatic carboxylic acids is 1. The molecule has 112 valence electrons. The largest absolute Gasteiger partial charge is 0.480 e. The number of imidazole rings is 1. The highest BCUT2D eigenvalue weighted by molar-refractivity contribution is 5.82. The van der Waals surface area contributed by atoms with E-state index in [4.69, 9.17) is 9.84 Å². The maximum Gasteiger partial charge on any atom is 0.326 e. The van der Waals surface area contributed by atoms with E-state index in [1.165, 1.54) is 17.4 Å². The van der Waals surface area contributed by atoms with Crippen LogP contribution in [0.4, 0.5) is 4.79 Å². The first-order valence-corrected chi connectivity index (χ1v) is 6.34. The topological polar surface area (TPSA) is 108 Å². The zero-order valence-corrected chi connectivity index (χ0v) is 11.6. The number of nitrogens with zero attached hydrogens (tertiary/aromatic N) is 2. The molecule has 0 saturated heterocycles. The molecule has 8 nitrogen and oxygen atoms in total. The summed E-state index contributed by atoms with van der Waals surface area (Å²) in [6.45, 7) is 3.26. The molecule has 0 fully saturated rings. The first kappa shape index (κ1) is 16.0. The molecular formula is C12H20N4O4. The molecular weight excluding hydrogens is 264 g/mol. The van der Waals surface area contributed by atoms with E-state index in [0.29, 0.717) is 25.5 Å². The minimum absolute atomic E-state index is 0.153. The first-order chi connectivity index (χ1) is 9.54. The summed E-state index contributed by atoms with van der Waals surface area (Å²) < 4.78 is 5.14. The molecule has 8 heteroatoms. The third kappa shape index (κ3) is 5.27. The molecule has 1 heterocycles. The molecule has 1 aromatic heterocycles. The number of aromatic amines is 1. The second-order valence-electron chi connectivity index (χ2n) is 4.24. The third-order valence-corrected chi connectivity index (χ3v) is 2.70. The summed E-state index contributed by atoms with van der Waals surface area (Å²) in [5.41, 5.74) is 0.648. The number of likely N-dealkylation sites (N-methyl/N-ethyl adjacent to an activating group) is 1. The first-order valence-electron chi connectivity index (χ1n) is 6.34. The molecule has 0 aliphatic rings. The minimum Gasteiger partial charge on any atom is -0.480 e. The van der Waals surface area contributed by atoms with E-state index in [-0.39, 0.29) is 6.42 Å². The number of rotatable bonds is 8. The van der Waals surface area contributed by atoms with E-state index in [9.17, 15) is 9.59 Å². The fraction of sp³-hybridized carbons (Fsp3) is 0.583. The third-order valence-electron chi connectivity index (χ3n) is 2.70. The molecule has 0 aromatic carbocycles. The Hall–Kier alpha value is -2.09. The van der Waals surface area contributed by atoms with Crippen molar-refractivity contribution in [2.45, 2.75) is 19.4 Å². The molecule has 1 rings (SSSR count). The van der Waals surface area contributed by atoms with Crippen LogP contribution in [0.1, 0.15) is 12.6 Å². The lowest BCUT2D eigenvalue weighted by atomic mass is 10.1. The van der Waals surface area contributed by atoms with E-state index < -0.39 is 18.0 Å². The number of aromatic nitrogens is 2. The van der Waals surface area contributed by atoms with E-state index in [1.54, 1.807) is 7.05 Å². The summed E-state index contributed by atoms with van der Waals surface area (Å²) in [6, 6.07) is -1.45. The van der Waals surface area contributed by atoms with Gasteiger partial charge in [0.15, 0.2) is 0 Å². The van der Waals surface area contributed by atoms with Gasteiger partial charge < -0.3 is 25.0 Å². The van der Waals surface area contributed by atoms with Crippen LogP contribution in [-0.4, -0.2) is 64.8 Å². The van der Waals surface area contributed by atoms with Gasteiger partial charge in [0.2, 0.25) is 0 Å². The minimum atomic E-state index is -1.09. The number of hydrogen-bond acceptors (Lipinski definition) is 4. The van der Waals surface area contributed by atoms with Crippen LogP contribution < -0.4 is 5.32 Å². The second-order valence-corrected chi connectivity index (χ2v) is 4.24. The zero-order chi connectivity index (χ0) is 15.0. The molecule has 20 heavy (non-hydrogen) atoms. The molecule has 3 N–H and O–H groups in total. The fourth-order valence-corrected chi connectivity index (χ4v) is 1.52. The van der Waals surface area contributed by atoms with Crippen molar-refractivity contribution in [1.82, 2.24) is 20.2 Å². The van der Waals surface area contributed by atoms with Gasteiger partial charge in [-0.3, -0.25) is 0 Å². The molecule has 0 saturated carbocycles. The van der Waals surface area contributed by atoms with Gasteiger partial charge in [0, 0.05) is 38.5 Å². The fourth-order valence-electron chi connectivity index (χ4n) is 1.52. The maximum absolute atomic E-state index is 11.9. The lowest BCUT2D eigenvalue weighted by molar-refractivity contribution is -0.139. The molecule has 1 aromatic rings. The van der Waals surface area contributed by atoms with Crippen LogP contribution in [0.3, 0.4) is 0 Å². The standard InChI is InChI=1S/C12H20N4O4/c1-3-20-5-4-16(2)12(19)15-10(11(17)18)6-9-7-13-8-14-9/h7-8,10H,3-6H2,1-2H3,(H,13,14)(H,15,19)(H,17,18)/t10-/m0/s1. The highest BCUT2D eigenvalue weighted by Gasteiger charge is 2.22. The van der Waals surface area contributed by atoms with Crippen LogP contribution in [0.5, 0.6) is 0 Å². The number of ether oxygens (including phenoxy) is 1. The van der Waals surface area contributed by atoms with Crippen LogP contribution in [0, 0.1) is 0 Å². The zero-order valence-electron chi connectivity index (χ0n) is 11.6. The predicted molar refractivity (Wildman–Crippen MR) is 71.4 cm³/mol. The van der Waals surface area contributed by atoms with Crippen molar-refractivity contribution in [3.63, 3.8) is 0 Å². The number of hydrogen-bond donors (Lipinski definition) is 3. The smallest absolute Gasteiger partial charge is 0.326 e. The highest BCUT2D eigenvalue weighted by atomic mass is 16.5. The van der Waals surface area contributed by atoms with Gasteiger partial charge in [-0.25, -0.2) is 14.6 Å². The van der Waals surface area contributed by atoms with Gasteiger partial charge in [-0.1, -0.05) is 0 Å². The van der Waals surface area contributed by atoms with E-state index in [2.05, 4.69) is 15.3 Å². The summed E-state index contributed by atoms with van der Waals surface area (Å²) >= 11 is 0. The van der Waals surface area contributed by atoms with Crippen LogP contribution in [0.15, 0.2) is 12.5 Å². The monoisotopic (exact) mass is 284 g/mol. The molecule has 0 bridgehead atoms. The molecule has 0 spiro atoms. The van der Waals surface area contributed by atoms with Crippen molar-refractivity contribution in [1.29, 1.82) is 0 Å². The molecule has 2 amide bonds. The SMILES string of the molecule is CCOCCN(C)C(=O)N[C@@H](Cc1cnc[nH]1)C(=O)O. The Labute approximate surface area is 117 Å². The normalized spacial score (nSPS) is 11.9. The van der Waals surface area contributed by atoms with Crippen molar-refractivity contribution < 1.29 is 19.4 Å². The second kappa shape index (κ2) is 8.16. The lowest BCUT2D eigenvalue weighted by Gasteiger charge is -2.21. The van der Waals surface area contributed by atoms with Crippen LogP contribution in [0.25, 0.3) is 0 Å². The van der Waals surface area contributed by atoms with E-state index in [1.807, 2.05) is 6.92 Å². The summed E-state index contributed by atoms with van der Waals surface area (Å²) in [5, 5.41) is 11.6. The number of nitrogens with one attached hydrogen (secondary N) is 2. The molecule has 1 atom stereocenters. The average molecular weight is 284 g/mol. The Morgan fingerprint density at radius 2 is 2.35 bits per heavy atom. The lowest BCUT2D eigenvalue weighted by Crippen LogP contribution is -2.48. The Morgan fingerprint density at radius 1 is 1.60 bits per heavy atom. The summed E-state index contributed by atoms with van der Waals surface area (Å²) in [7, 11) is 1.59. The summed E-state index contributed by atoms with van der Waals surface area (Å²) in [5.74, 6) is -1.09. The van der Waals surface area contributed by atoms with Gasteiger partial charge in [-0.2, -0.15) is 0 Å². The number of H-pyrrole nitrogens is 1. The molecule has 0 unspecified atom stereocenters. The van der Waals surface area contributed by atoms with E-state index in [0.717, 1.165) is 0 Å². The van der Waals surface area contributed by atoms with Gasteiger partial charge in [0.05, 0.1) is 12.9 Å². The Balaban J connectivity index is 2.48. The average Bonchev–Trinajstić information content (AvgIpc) is 2.90. The Morgan fingerprint density at radius 3 is 2.90 bits per heavy atom. The van der Waals surface area contributed by atoms with Gasteiger partial charge in [0.25, 0.3) is 0 Å². The molecule has 0 radical (unpaired) electrons. The van der Waals surface area contributed by atoms with Crippen molar-refractivity contribution in [2.24, 2.45) is 0 Å². The van der Waals surface area contributed by atoms with Gasteiger partial charge in [0.1, 0.15) is 6.04 Å². The number of urea groups is 1. The van der Waals surface area contributed by atoms with Gasteiger partial charge in [-0.05, 0) is 6.92 Å². The summed E-state index contributed by atoms with van der Waals surface area (Å²) in [4.78, 5) is 31.0. The van der Waals surface area contributed by atoms with Crippen LogP contribution >= 0.6 is 0 Å². The van der Waals surface area contributed by atoms with Gasteiger partial charge in [-0.15, -0.1) is 0 Å². The molecule has 0 aliphatic heterocycles. The number of carboxylic acid groups (broad SMARTS) is 1. The Kier molecular flexibility index (Phi) is 6.51. The van der Waals surface area contributed by atoms with Gasteiger partial charge >= 0.3 is 12.0 Å². The maximum atomic E-state index is 11.9. The van der Waals surface area contributed by atoms with Crippen molar-refractivity contribution in [2.75, 3.05) is 26.8 Å². The number of carbonyl (C=O) groups excluding carboxylic acids is 1. The number of carboxylic acids is 1. The quantitative estimate of drug-likeness (QED) is 0.586. The van der Waals surface area contributed by atoms with Crippen LogP contribution in [0.2, 0.25) is 0 Å². The van der Waals surface area contributed by atoms with Crippen molar-refractivity contribution >= 4 is 12.0 Å². The Bertz CT molecular complexity index is 421. The van der Waals surface area contributed by atoms with Crippen LogP contribution in [-0.2, 0) is 16.0 Å². The summed E-state index contributed by atoms with van der Waals surface area (Å²) in [6.07, 6.45) is 3.14. The predicted octanol–water partition coefficient (Wildman–Crippen LogP) is 0.0833. The molecule has 0 aliphatic carbocycles. The number of carbonyl (C=O) groups is 2. The van der Waals surface area contributed by atoms with E-state index >= 15 is 0 Å². The number of amides is 2. The van der Waals surface area contributed by atoms with Crippen molar-refractivity contribution in [3.05, 3.63) is 18.2 Å².